The van der Waals surface area contributed by atoms with Crippen LogP contribution in [0, 0.1) is 0 Å². The summed E-state index contributed by atoms with van der Waals surface area (Å²) in [6, 6.07) is 3.76. The lowest BCUT2D eigenvalue weighted by molar-refractivity contribution is -0.141. The third kappa shape index (κ3) is 3.57. The van der Waals surface area contributed by atoms with Gasteiger partial charge in [0.1, 0.15) is 11.5 Å². The zero-order chi connectivity index (χ0) is 14.0. The lowest BCUT2D eigenvalue weighted by Crippen LogP contribution is -2.07. The van der Waals surface area contributed by atoms with Crippen LogP contribution in [0.25, 0.3) is 0 Å². The Kier molecular flexibility index (Phi) is 3.96. The molecule has 0 unspecified atom stereocenters. The molecule has 2 aromatic heterocycles. The van der Waals surface area contributed by atoms with Crippen molar-refractivity contribution in [2.75, 3.05) is 5.32 Å². The van der Waals surface area contributed by atoms with Crippen LogP contribution < -0.4 is 5.32 Å². The van der Waals surface area contributed by atoms with E-state index in [4.69, 9.17) is 11.6 Å². The van der Waals surface area contributed by atoms with E-state index in [-0.39, 0.29) is 0 Å². The van der Waals surface area contributed by atoms with Crippen LogP contribution in [0.2, 0.25) is 5.02 Å². The number of nitrogens with zero attached hydrogens (tertiary/aromatic N) is 2. The standard InChI is InChI=1S/C11H6BrClF3N3/c12-6-3-8(13)10(18-4-6)19-7-1-2-9(17-5-7)11(14,15)16/h1-5H,(H,18,19). The predicted octanol–water partition coefficient (Wildman–Crippen LogP) is 4.65. The number of alkyl halides is 3. The molecule has 8 heteroatoms. The highest BCUT2D eigenvalue weighted by molar-refractivity contribution is 9.10. The topological polar surface area (TPSA) is 37.8 Å². The molecule has 2 rings (SSSR count). The second-order valence-electron chi connectivity index (χ2n) is 3.54. The van der Waals surface area contributed by atoms with E-state index in [1.165, 1.54) is 12.3 Å². The van der Waals surface area contributed by atoms with E-state index >= 15 is 0 Å². The molecule has 100 valence electrons. The Balaban J connectivity index is 2.20. The Morgan fingerprint density at radius 3 is 2.42 bits per heavy atom. The van der Waals surface area contributed by atoms with Crippen molar-refractivity contribution in [3.8, 4) is 0 Å². The molecule has 0 amide bonds. The third-order valence-electron chi connectivity index (χ3n) is 2.12. The van der Waals surface area contributed by atoms with Crippen molar-refractivity contribution in [3.63, 3.8) is 0 Å². The molecule has 19 heavy (non-hydrogen) atoms. The minimum absolute atomic E-state index is 0.339. The maximum absolute atomic E-state index is 12.3. The molecule has 0 radical (unpaired) electrons. The highest BCUT2D eigenvalue weighted by Crippen LogP contribution is 2.29. The first-order valence-electron chi connectivity index (χ1n) is 4.97. The minimum Gasteiger partial charge on any atom is -0.338 e. The molecule has 0 saturated carbocycles. The summed E-state index contributed by atoms with van der Waals surface area (Å²) in [5.41, 5.74) is -0.586. The summed E-state index contributed by atoms with van der Waals surface area (Å²) in [6.45, 7) is 0. The van der Waals surface area contributed by atoms with E-state index < -0.39 is 11.9 Å². The Morgan fingerprint density at radius 1 is 1.16 bits per heavy atom. The van der Waals surface area contributed by atoms with Crippen molar-refractivity contribution in [1.29, 1.82) is 0 Å². The van der Waals surface area contributed by atoms with E-state index in [0.717, 1.165) is 12.3 Å². The molecule has 0 aliphatic rings. The van der Waals surface area contributed by atoms with Crippen molar-refractivity contribution >= 4 is 39.0 Å². The molecule has 0 atom stereocenters. The number of hydrogen-bond donors (Lipinski definition) is 1. The second kappa shape index (κ2) is 5.34. The average Bonchev–Trinajstić information content (AvgIpc) is 2.32. The molecular weight excluding hydrogens is 346 g/mol. The molecule has 1 N–H and O–H groups in total. The van der Waals surface area contributed by atoms with Gasteiger partial charge in [-0.15, -0.1) is 0 Å². The summed E-state index contributed by atoms with van der Waals surface area (Å²) >= 11 is 9.13. The normalized spacial score (nSPS) is 11.4. The fourth-order valence-corrected chi connectivity index (χ4v) is 1.96. The van der Waals surface area contributed by atoms with Gasteiger partial charge in [0.15, 0.2) is 0 Å². The van der Waals surface area contributed by atoms with Crippen molar-refractivity contribution in [2.24, 2.45) is 0 Å². The van der Waals surface area contributed by atoms with Gasteiger partial charge in [-0.2, -0.15) is 13.2 Å². The van der Waals surface area contributed by atoms with Gasteiger partial charge in [-0.1, -0.05) is 11.6 Å². The smallest absolute Gasteiger partial charge is 0.338 e. The van der Waals surface area contributed by atoms with Gasteiger partial charge in [0.2, 0.25) is 0 Å². The highest BCUT2D eigenvalue weighted by Gasteiger charge is 2.32. The number of halogens is 5. The maximum Gasteiger partial charge on any atom is 0.433 e. The number of hydrogen-bond acceptors (Lipinski definition) is 3. The fraction of sp³-hybridized carbons (Fsp3) is 0.0909. The average molecular weight is 353 g/mol. The predicted molar refractivity (Wildman–Crippen MR) is 69.5 cm³/mol. The van der Waals surface area contributed by atoms with Crippen LogP contribution in [0.3, 0.4) is 0 Å². The maximum atomic E-state index is 12.3. The Labute approximate surface area is 120 Å². The lowest BCUT2D eigenvalue weighted by Gasteiger charge is -2.09. The fourth-order valence-electron chi connectivity index (χ4n) is 1.28. The first kappa shape index (κ1) is 14.1. The summed E-state index contributed by atoms with van der Waals surface area (Å²) in [6.07, 6.45) is -1.86. The third-order valence-corrected chi connectivity index (χ3v) is 2.85. The van der Waals surface area contributed by atoms with Gasteiger partial charge in [0, 0.05) is 10.7 Å². The number of nitrogens with one attached hydrogen (secondary N) is 1. The first-order valence-corrected chi connectivity index (χ1v) is 6.14. The van der Waals surface area contributed by atoms with E-state index in [1.54, 1.807) is 6.07 Å². The van der Waals surface area contributed by atoms with E-state index in [0.29, 0.717) is 21.0 Å². The molecule has 2 heterocycles. The van der Waals surface area contributed by atoms with Crippen LogP contribution >= 0.6 is 27.5 Å². The molecule has 0 bridgehead atoms. The number of pyridine rings is 2. The van der Waals surface area contributed by atoms with Crippen molar-refractivity contribution in [2.45, 2.75) is 6.18 Å². The van der Waals surface area contributed by atoms with Gasteiger partial charge >= 0.3 is 6.18 Å². The Hall–Kier alpha value is -1.34. The van der Waals surface area contributed by atoms with Gasteiger partial charge in [-0.3, -0.25) is 0 Å². The van der Waals surface area contributed by atoms with Crippen LogP contribution in [-0.2, 0) is 6.18 Å². The van der Waals surface area contributed by atoms with Crippen LogP contribution in [0.4, 0.5) is 24.7 Å². The van der Waals surface area contributed by atoms with Gasteiger partial charge < -0.3 is 5.32 Å². The van der Waals surface area contributed by atoms with Crippen molar-refractivity contribution in [3.05, 3.63) is 45.8 Å². The summed E-state index contributed by atoms with van der Waals surface area (Å²) in [5, 5.41) is 3.13. The number of aromatic nitrogens is 2. The van der Waals surface area contributed by atoms with E-state index in [1.807, 2.05) is 0 Å². The summed E-state index contributed by atoms with van der Waals surface area (Å²) in [5.74, 6) is 0.339. The highest BCUT2D eigenvalue weighted by atomic mass is 79.9. The zero-order valence-corrected chi connectivity index (χ0v) is 11.5. The van der Waals surface area contributed by atoms with Crippen molar-refractivity contribution < 1.29 is 13.2 Å². The molecule has 0 aromatic carbocycles. The van der Waals surface area contributed by atoms with Gasteiger partial charge in [-0.05, 0) is 34.1 Å². The monoisotopic (exact) mass is 351 g/mol. The van der Waals surface area contributed by atoms with Gasteiger partial charge in [-0.25, -0.2) is 9.97 Å². The van der Waals surface area contributed by atoms with Crippen LogP contribution in [0.1, 0.15) is 5.69 Å². The molecular formula is C11H6BrClF3N3. The molecule has 0 saturated heterocycles. The Bertz CT molecular complexity index is 587. The second-order valence-corrected chi connectivity index (χ2v) is 4.86. The van der Waals surface area contributed by atoms with E-state index in [9.17, 15) is 13.2 Å². The molecule has 0 fully saturated rings. The van der Waals surface area contributed by atoms with Gasteiger partial charge in [0.25, 0.3) is 0 Å². The largest absolute Gasteiger partial charge is 0.433 e. The SMILES string of the molecule is FC(F)(F)c1ccc(Nc2ncc(Br)cc2Cl)cn1. The minimum atomic E-state index is -4.45. The van der Waals surface area contributed by atoms with Gasteiger partial charge in [0.05, 0.1) is 16.9 Å². The van der Waals surface area contributed by atoms with Crippen LogP contribution in [0.15, 0.2) is 35.1 Å². The lowest BCUT2D eigenvalue weighted by atomic mass is 10.3. The Morgan fingerprint density at radius 2 is 1.89 bits per heavy atom. The molecule has 0 aliphatic carbocycles. The summed E-state index contributed by atoms with van der Waals surface area (Å²) in [4.78, 5) is 7.33. The quantitative estimate of drug-likeness (QED) is 0.854. The molecule has 0 spiro atoms. The summed E-state index contributed by atoms with van der Waals surface area (Å²) in [7, 11) is 0. The number of rotatable bonds is 2. The number of anilines is 2. The first-order chi connectivity index (χ1) is 8.86. The molecule has 2 aromatic rings. The molecule has 3 nitrogen and oxygen atoms in total. The molecule has 0 aliphatic heterocycles. The van der Waals surface area contributed by atoms with E-state index in [2.05, 4.69) is 31.2 Å². The van der Waals surface area contributed by atoms with Crippen LogP contribution in [-0.4, -0.2) is 9.97 Å². The zero-order valence-electron chi connectivity index (χ0n) is 9.17. The van der Waals surface area contributed by atoms with Crippen LogP contribution in [0.5, 0.6) is 0 Å². The summed E-state index contributed by atoms with van der Waals surface area (Å²) < 4.78 is 37.7. The van der Waals surface area contributed by atoms with Crippen molar-refractivity contribution in [1.82, 2.24) is 9.97 Å².